The fourth-order valence-electron chi connectivity index (χ4n) is 3.61. The number of carbonyl (C=O) groups is 1. The molecule has 2 N–H and O–H groups in total. The summed E-state index contributed by atoms with van der Waals surface area (Å²) in [6.45, 7) is 4.73. The first kappa shape index (κ1) is 14.3. The van der Waals surface area contributed by atoms with Crippen molar-refractivity contribution >= 4 is 11.7 Å². The van der Waals surface area contributed by atoms with Crippen LogP contribution in [0.1, 0.15) is 30.6 Å². The molecule has 3 rings (SSSR count). The highest BCUT2D eigenvalue weighted by atomic mass is 19.1. The zero-order valence-corrected chi connectivity index (χ0v) is 11.8. The van der Waals surface area contributed by atoms with Crippen molar-refractivity contribution < 1.29 is 23.4 Å². The van der Waals surface area contributed by atoms with Gasteiger partial charge in [0, 0.05) is 30.0 Å². The van der Waals surface area contributed by atoms with Crippen molar-refractivity contribution in [3.63, 3.8) is 0 Å². The van der Waals surface area contributed by atoms with Crippen LogP contribution in [0.3, 0.4) is 0 Å². The highest BCUT2D eigenvalue weighted by Crippen LogP contribution is 2.53. The first-order chi connectivity index (χ1) is 9.82. The van der Waals surface area contributed by atoms with Crippen LogP contribution < -0.4 is 5.32 Å². The second-order valence-electron chi connectivity index (χ2n) is 6.30. The lowest BCUT2D eigenvalue weighted by Gasteiger charge is -2.55. The summed E-state index contributed by atoms with van der Waals surface area (Å²) in [5.74, 6) is -2.99. The number of hydrogen-bond donors (Lipinski definition) is 2. The fraction of sp³-hybridized carbons (Fsp3) is 0.533. The molecule has 1 aromatic rings. The van der Waals surface area contributed by atoms with Crippen molar-refractivity contribution in [1.82, 2.24) is 0 Å². The van der Waals surface area contributed by atoms with Gasteiger partial charge in [-0.2, -0.15) is 0 Å². The van der Waals surface area contributed by atoms with Gasteiger partial charge in [-0.25, -0.2) is 13.6 Å². The molecule has 0 amide bonds. The van der Waals surface area contributed by atoms with Crippen molar-refractivity contribution in [2.45, 2.75) is 32.4 Å². The predicted octanol–water partition coefficient (Wildman–Crippen LogP) is 2.89. The van der Waals surface area contributed by atoms with Gasteiger partial charge in [0.25, 0.3) is 0 Å². The van der Waals surface area contributed by atoms with Crippen LogP contribution in [0.5, 0.6) is 0 Å². The molecule has 0 bridgehead atoms. The quantitative estimate of drug-likeness (QED) is 0.900. The van der Waals surface area contributed by atoms with E-state index in [0.717, 1.165) is 12.5 Å². The average molecular weight is 297 g/mol. The normalized spacial score (nSPS) is 29.6. The van der Waals surface area contributed by atoms with E-state index in [9.17, 15) is 13.6 Å². The van der Waals surface area contributed by atoms with Gasteiger partial charge in [0.1, 0.15) is 11.6 Å². The molecule has 2 fully saturated rings. The van der Waals surface area contributed by atoms with Gasteiger partial charge >= 0.3 is 5.97 Å². The third-order valence-electron chi connectivity index (χ3n) is 4.70. The number of aromatic carboxylic acids is 1. The van der Waals surface area contributed by atoms with E-state index in [4.69, 9.17) is 9.84 Å². The maximum absolute atomic E-state index is 13.9. The van der Waals surface area contributed by atoms with E-state index in [1.807, 2.05) is 13.8 Å². The molecule has 1 saturated carbocycles. The third kappa shape index (κ3) is 2.09. The molecular formula is C15H17F2NO3. The number of carboxylic acid groups (broad SMARTS) is 1. The van der Waals surface area contributed by atoms with Gasteiger partial charge in [-0.3, -0.25) is 0 Å². The molecule has 3 unspecified atom stereocenters. The monoisotopic (exact) mass is 297 g/mol. The number of carboxylic acids is 1. The molecule has 2 aliphatic rings. The Kier molecular flexibility index (Phi) is 3.16. The number of ether oxygens (including phenoxy) is 1. The summed E-state index contributed by atoms with van der Waals surface area (Å²) in [6, 6.07) is 1.61. The molecule has 0 radical (unpaired) electrons. The summed E-state index contributed by atoms with van der Waals surface area (Å²) in [5.41, 5.74) is -0.682. The zero-order valence-electron chi connectivity index (χ0n) is 11.8. The standard InChI is InChI=1S/C15H17F2NO3/c1-15(2)12(7-3-4-21-13(7)15)18-11-5-8(14(19)20)9(16)6-10(11)17/h5-7,12-13,18H,3-4H2,1-2H3,(H,19,20). The number of anilines is 1. The topological polar surface area (TPSA) is 58.6 Å². The molecule has 3 atom stereocenters. The van der Waals surface area contributed by atoms with Crippen LogP contribution in [0.25, 0.3) is 0 Å². The van der Waals surface area contributed by atoms with Crippen LogP contribution in [-0.4, -0.2) is 29.8 Å². The van der Waals surface area contributed by atoms with Gasteiger partial charge in [0.05, 0.1) is 17.4 Å². The molecule has 1 saturated heterocycles. The second kappa shape index (κ2) is 4.66. The van der Waals surface area contributed by atoms with Crippen LogP contribution in [0.4, 0.5) is 14.5 Å². The summed E-state index contributed by atoms with van der Waals surface area (Å²) >= 11 is 0. The molecule has 0 aromatic heterocycles. The van der Waals surface area contributed by atoms with E-state index in [2.05, 4.69) is 5.32 Å². The van der Waals surface area contributed by atoms with Gasteiger partial charge in [-0.15, -0.1) is 0 Å². The Balaban J connectivity index is 1.88. The first-order valence-electron chi connectivity index (χ1n) is 6.93. The summed E-state index contributed by atoms with van der Waals surface area (Å²) in [6.07, 6.45) is 1.03. The molecule has 21 heavy (non-hydrogen) atoms. The van der Waals surface area contributed by atoms with Crippen LogP contribution in [0, 0.1) is 23.0 Å². The van der Waals surface area contributed by atoms with Gasteiger partial charge in [0.15, 0.2) is 0 Å². The van der Waals surface area contributed by atoms with Crippen LogP contribution in [0.15, 0.2) is 12.1 Å². The summed E-state index contributed by atoms with van der Waals surface area (Å²) in [5, 5.41) is 12.0. The van der Waals surface area contributed by atoms with Crippen molar-refractivity contribution in [2.75, 3.05) is 11.9 Å². The Morgan fingerprint density at radius 3 is 2.76 bits per heavy atom. The van der Waals surface area contributed by atoms with E-state index in [0.29, 0.717) is 12.7 Å². The smallest absolute Gasteiger partial charge is 0.338 e. The molecule has 1 aromatic carbocycles. The SMILES string of the molecule is CC1(C)C(Nc2cc(C(=O)O)c(F)cc2F)C2CCOC21. The number of nitrogens with one attached hydrogen (secondary N) is 1. The van der Waals surface area contributed by atoms with Gasteiger partial charge in [-0.1, -0.05) is 13.8 Å². The van der Waals surface area contributed by atoms with E-state index in [1.165, 1.54) is 0 Å². The number of halogens is 2. The largest absolute Gasteiger partial charge is 0.478 e. The van der Waals surface area contributed by atoms with E-state index in [-0.39, 0.29) is 29.2 Å². The van der Waals surface area contributed by atoms with E-state index < -0.39 is 23.2 Å². The molecule has 1 heterocycles. The van der Waals surface area contributed by atoms with Gasteiger partial charge in [0.2, 0.25) is 0 Å². The Morgan fingerprint density at radius 1 is 1.38 bits per heavy atom. The number of benzene rings is 1. The minimum atomic E-state index is -1.41. The lowest BCUT2D eigenvalue weighted by Crippen LogP contribution is -2.63. The maximum Gasteiger partial charge on any atom is 0.338 e. The van der Waals surface area contributed by atoms with Crippen LogP contribution in [-0.2, 0) is 4.74 Å². The van der Waals surface area contributed by atoms with Gasteiger partial charge in [-0.05, 0) is 12.5 Å². The van der Waals surface area contributed by atoms with Crippen molar-refractivity contribution in [3.05, 3.63) is 29.3 Å². The summed E-state index contributed by atoms with van der Waals surface area (Å²) < 4.78 is 33.0. The first-order valence-corrected chi connectivity index (χ1v) is 6.93. The van der Waals surface area contributed by atoms with E-state index >= 15 is 0 Å². The fourth-order valence-corrected chi connectivity index (χ4v) is 3.61. The molecule has 1 aliphatic carbocycles. The van der Waals surface area contributed by atoms with Gasteiger partial charge < -0.3 is 15.2 Å². The van der Waals surface area contributed by atoms with Crippen LogP contribution >= 0.6 is 0 Å². The molecule has 1 aliphatic heterocycles. The Bertz CT molecular complexity index is 603. The molecular weight excluding hydrogens is 280 g/mol. The number of fused-ring (bicyclic) bond motifs is 1. The molecule has 4 nitrogen and oxygen atoms in total. The molecule has 0 spiro atoms. The van der Waals surface area contributed by atoms with Crippen molar-refractivity contribution in [1.29, 1.82) is 0 Å². The highest BCUT2D eigenvalue weighted by Gasteiger charge is 2.59. The second-order valence-corrected chi connectivity index (χ2v) is 6.30. The van der Waals surface area contributed by atoms with Crippen LogP contribution in [0.2, 0.25) is 0 Å². The number of rotatable bonds is 3. The zero-order chi connectivity index (χ0) is 15.4. The molecule has 114 valence electrons. The van der Waals surface area contributed by atoms with Crippen molar-refractivity contribution in [2.24, 2.45) is 11.3 Å². The summed E-state index contributed by atoms with van der Waals surface area (Å²) in [4.78, 5) is 11.0. The van der Waals surface area contributed by atoms with Crippen molar-refractivity contribution in [3.8, 4) is 0 Å². The predicted molar refractivity (Wildman–Crippen MR) is 72.4 cm³/mol. The minimum absolute atomic E-state index is 0.0217. The number of hydrogen-bond acceptors (Lipinski definition) is 3. The Morgan fingerprint density at radius 2 is 2.10 bits per heavy atom. The summed E-state index contributed by atoms with van der Waals surface area (Å²) in [7, 11) is 0. The lowest BCUT2D eigenvalue weighted by molar-refractivity contribution is -0.0923. The third-order valence-corrected chi connectivity index (χ3v) is 4.70. The Hall–Kier alpha value is -1.69. The average Bonchev–Trinajstić information content (AvgIpc) is 2.83. The maximum atomic E-state index is 13.9. The highest BCUT2D eigenvalue weighted by molar-refractivity contribution is 5.89. The molecule has 6 heteroatoms. The lowest BCUT2D eigenvalue weighted by atomic mass is 9.57. The Labute approximate surface area is 121 Å². The minimum Gasteiger partial charge on any atom is -0.478 e. The van der Waals surface area contributed by atoms with E-state index in [1.54, 1.807) is 0 Å².